The third kappa shape index (κ3) is 2.24. The highest BCUT2D eigenvalue weighted by Gasteiger charge is 2.32. The molecule has 0 spiro atoms. The van der Waals surface area contributed by atoms with E-state index in [1.54, 1.807) is 0 Å². The SMILES string of the molecule is Cl.O=C(O)N1CC2CNCC(C1)O2. The molecule has 1 amide bonds. The first-order valence-corrected chi connectivity index (χ1v) is 4.10. The molecule has 0 radical (unpaired) electrons. The van der Waals surface area contributed by atoms with Crippen molar-refractivity contribution >= 4 is 18.5 Å². The first-order valence-electron chi connectivity index (χ1n) is 4.10. The lowest BCUT2D eigenvalue weighted by atomic mass is 10.1. The van der Waals surface area contributed by atoms with Gasteiger partial charge in [-0.3, -0.25) is 0 Å². The molecular formula is C7H13ClN2O3. The average molecular weight is 209 g/mol. The highest BCUT2D eigenvalue weighted by molar-refractivity contribution is 5.85. The Hall–Kier alpha value is -0.520. The lowest BCUT2D eigenvalue weighted by molar-refractivity contribution is -0.0950. The van der Waals surface area contributed by atoms with E-state index in [4.69, 9.17) is 9.84 Å². The monoisotopic (exact) mass is 208 g/mol. The van der Waals surface area contributed by atoms with Crippen molar-refractivity contribution in [3.8, 4) is 0 Å². The number of hydrogen-bond donors (Lipinski definition) is 2. The molecule has 2 rings (SSSR count). The minimum absolute atomic E-state index is 0. The topological polar surface area (TPSA) is 61.8 Å². The predicted molar refractivity (Wildman–Crippen MR) is 48.4 cm³/mol. The van der Waals surface area contributed by atoms with Crippen molar-refractivity contribution in [2.24, 2.45) is 0 Å². The van der Waals surface area contributed by atoms with Crippen LogP contribution >= 0.6 is 12.4 Å². The number of nitrogens with one attached hydrogen (secondary N) is 1. The van der Waals surface area contributed by atoms with Gasteiger partial charge >= 0.3 is 6.09 Å². The number of carbonyl (C=O) groups is 1. The number of nitrogens with zero attached hydrogens (tertiary/aromatic N) is 1. The number of fused-ring (bicyclic) bond motifs is 2. The lowest BCUT2D eigenvalue weighted by Crippen LogP contribution is -2.59. The fourth-order valence-corrected chi connectivity index (χ4v) is 1.71. The summed E-state index contributed by atoms with van der Waals surface area (Å²) in [6, 6.07) is 0. The first-order chi connectivity index (χ1) is 5.75. The quantitative estimate of drug-likeness (QED) is 0.577. The van der Waals surface area contributed by atoms with Crippen LogP contribution in [0.25, 0.3) is 0 Å². The molecule has 2 saturated heterocycles. The summed E-state index contributed by atoms with van der Waals surface area (Å²) in [5.74, 6) is 0. The molecule has 0 saturated carbocycles. The third-order valence-electron chi connectivity index (χ3n) is 2.25. The summed E-state index contributed by atoms with van der Waals surface area (Å²) >= 11 is 0. The number of carboxylic acid groups (broad SMARTS) is 1. The summed E-state index contributed by atoms with van der Waals surface area (Å²) < 4.78 is 5.54. The third-order valence-corrected chi connectivity index (χ3v) is 2.25. The van der Waals surface area contributed by atoms with Crippen LogP contribution in [0.2, 0.25) is 0 Å². The Bertz CT molecular complexity index is 190. The maximum atomic E-state index is 10.6. The van der Waals surface area contributed by atoms with Crippen LogP contribution in [0.5, 0.6) is 0 Å². The molecule has 2 aliphatic rings. The van der Waals surface area contributed by atoms with E-state index in [-0.39, 0.29) is 24.6 Å². The molecule has 0 aromatic heterocycles. The molecule has 13 heavy (non-hydrogen) atoms. The highest BCUT2D eigenvalue weighted by atomic mass is 35.5. The molecule has 76 valence electrons. The molecule has 0 aromatic carbocycles. The maximum Gasteiger partial charge on any atom is 0.407 e. The van der Waals surface area contributed by atoms with Gasteiger partial charge in [0.05, 0.1) is 25.3 Å². The predicted octanol–water partition coefficient (Wildman–Crippen LogP) is -0.241. The van der Waals surface area contributed by atoms with E-state index in [9.17, 15) is 4.79 Å². The van der Waals surface area contributed by atoms with Gasteiger partial charge < -0.3 is 20.1 Å². The molecule has 2 aliphatic heterocycles. The van der Waals surface area contributed by atoms with Gasteiger partial charge in [0.25, 0.3) is 0 Å². The molecule has 0 aromatic rings. The van der Waals surface area contributed by atoms with E-state index in [0.717, 1.165) is 13.1 Å². The van der Waals surface area contributed by atoms with Gasteiger partial charge in [-0.2, -0.15) is 0 Å². The molecule has 2 N–H and O–H groups in total. The number of halogens is 1. The van der Waals surface area contributed by atoms with Gasteiger partial charge in [0.15, 0.2) is 0 Å². The van der Waals surface area contributed by atoms with Gasteiger partial charge in [0.2, 0.25) is 0 Å². The second-order valence-electron chi connectivity index (χ2n) is 3.23. The van der Waals surface area contributed by atoms with E-state index < -0.39 is 6.09 Å². The Morgan fingerprint density at radius 1 is 1.38 bits per heavy atom. The summed E-state index contributed by atoms with van der Waals surface area (Å²) in [7, 11) is 0. The van der Waals surface area contributed by atoms with E-state index in [1.165, 1.54) is 4.90 Å². The zero-order chi connectivity index (χ0) is 8.55. The summed E-state index contributed by atoms with van der Waals surface area (Å²) in [5, 5.41) is 11.9. The Morgan fingerprint density at radius 3 is 2.38 bits per heavy atom. The second kappa shape index (κ2) is 4.13. The van der Waals surface area contributed by atoms with Gasteiger partial charge in [0, 0.05) is 13.1 Å². The summed E-state index contributed by atoms with van der Waals surface area (Å²) in [4.78, 5) is 12.1. The fourth-order valence-electron chi connectivity index (χ4n) is 1.71. The number of ether oxygens (including phenoxy) is 1. The van der Waals surface area contributed by atoms with Crippen molar-refractivity contribution in [1.82, 2.24) is 10.2 Å². The van der Waals surface area contributed by atoms with Crippen molar-refractivity contribution in [2.45, 2.75) is 12.2 Å². The van der Waals surface area contributed by atoms with Gasteiger partial charge in [0.1, 0.15) is 0 Å². The normalized spacial score (nSPS) is 32.2. The van der Waals surface area contributed by atoms with Crippen molar-refractivity contribution in [3.63, 3.8) is 0 Å². The number of rotatable bonds is 0. The molecule has 0 aliphatic carbocycles. The molecule has 2 bridgehead atoms. The molecule has 6 heteroatoms. The standard InChI is InChI=1S/C7H12N2O3.ClH/c10-7(11)9-3-5-1-8-2-6(4-9)12-5;/h5-6,8H,1-4H2,(H,10,11);1H. The summed E-state index contributed by atoms with van der Waals surface area (Å²) in [5.41, 5.74) is 0. The first kappa shape index (κ1) is 10.6. The number of morpholine rings is 2. The van der Waals surface area contributed by atoms with Crippen molar-refractivity contribution in [1.29, 1.82) is 0 Å². The minimum Gasteiger partial charge on any atom is -0.465 e. The van der Waals surface area contributed by atoms with E-state index in [0.29, 0.717) is 13.1 Å². The molecule has 2 unspecified atom stereocenters. The Kier molecular flexibility index (Phi) is 3.35. The summed E-state index contributed by atoms with van der Waals surface area (Å²) in [6.07, 6.45) is -0.739. The summed E-state index contributed by atoms with van der Waals surface area (Å²) in [6.45, 7) is 2.53. The van der Waals surface area contributed by atoms with Crippen LogP contribution in [0.1, 0.15) is 0 Å². The molecule has 2 fully saturated rings. The zero-order valence-electron chi connectivity index (χ0n) is 7.10. The molecule has 2 atom stereocenters. The Morgan fingerprint density at radius 2 is 1.92 bits per heavy atom. The molecule has 5 nitrogen and oxygen atoms in total. The van der Waals surface area contributed by atoms with Gasteiger partial charge in [-0.05, 0) is 0 Å². The molecular weight excluding hydrogens is 196 g/mol. The number of hydrogen-bond acceptors (Lipinski definition) is 3. The number of amides is 1. The van der Waals surface area contributed by atoms with Crippen LogP contribution in [-0.4, -0.2) is 54.5 Å². The van der Waals surface area contributed by atoms with Gasteiger partial charge in [-0.15, -0.1) is 12.4 Å². The maximum absolute atomic E-state index is 10.6. The molecule has 2 heterocycles. The fraction of sp³-hybridized carbons (Fsp3) is 0.857. The Balaban J connectivity index is 0.000000845. The van der Waals surface area contributed by atoms with Crippen molar-refractivity contribution in [3.05, 3.63) is 0 Å². The van der Waals surface area contributed by atoms with Crippen molar-refractivity contribution in [2.75, 3.05) is 26.2 Å². The second-order valence-corrected chi connectivity index (χ2v) is 3.23. The van der Waals surface area contributed by atoms with Crippen LogP contribution in [-0.2, 0) is 4.74 Å². The van der Waals surface area contributed by atoms with Crippen LogP contribution in [0.4, 0.5) is 4.79 Å². The zero-order valence-corrected chi connectivity index (χ0v) is 7.92. The van der Waals surface area contributed by atoms with Crippen LogP contribution < -0.4 is 5.32 Å². The smallest absolute Gasteiger partial charge is 0.407 e. The van der Waals surface area contributed by atoms with E-state index in [2.05, 4.69) is 5.32 Å². The average Bonchev–Trinajstić information content (AvgIpc) is 2.03. The van der Waals surface area contributed by atoms with Gasteiger partial charge in [-0.1, -0.05) is 0 Å². The largest absolute Gasteiger partial charge is 0.465 e. The lowest BCUT2D eigenvalue weighted by Gasteiger charge is -2.40. The van der Waals surface area contributed by atoms with Crippen LogP contribution in [0.3, 0.4) is 0 Å². The van der Waals surface area contributed by atoms with Crippen LogP contribution in [0.15, 0.2) is 0 Å². The van der Waals surface area contributed by atoms with E-state index in [1.807, 2.05) is 0 Å². The van der Waals surface area contributed by atoms with E-state index >= 15 is 0 Å². The minimum atomic E-state index is -0.838. The van der Waals surface area contributed by atoms with Crippen LogP contribution in [0, 0.1) is 0 Å². The highest BCUT2D eigenvalue weighted by Crippen LogP contribution is 2.13. The van der Waals surface area contributed by atoms with Crippen molar-refractivity contribution < 1.29 is 14.6 Å². The Labute approximate surface area is 82.4 Å². The van der Waals surface area contributed by atoms with Gasteiger partial charge in [-0.25, -0.2) is 4.79 Å².